The third-order valence-electron chi connectivity index (χ3n) is 7.52. The fraction of sp³-hybridized carbons (Fsp3) is 1.00. The van der Waals surface area contributed by atoms with Crippen LogP contribution in [0, 0.1) is 11.8 Å². The Hall–Kier alpha value is -0.240. The molecule has 0 aromatic carbocycles. The van der Waals surface area contributed by atoms with Crippen LogP contribution in [0.15, 0.2) is 0 Å². The van der Waals surface area contributed by atoms with E-state index in [-0.39, 0.29) is 0 Å². The van der Waals surface area contributed by atoms with E-state index >= 15 is 0 Å². The van der Waals surface area contributed by atoms with E-state index in [0.717, 1.165) is 64.4 Å². The summed E-state index contributed by atoms with van der Waals surface area (Å²) in [5, 5.41) is 0. The molecule has 5 rings (SSSR count). The summed E-state index contributed by atoms with van der Waals surface area (Å²) < 4.78 is 21.8. The van der Waals surface area contributed by atoms with Crippen LogP contribution in [0.25, 0.3) is 0 Å². The summed E-state index contributed by atoms with van der Waals surface area (Å²) in [5.41, 5.74) is 0. The molecule has 4 heterocycles. The summed E-state index contributed by atoms with van der Waals surface area (Å²) in [4.78, 5) is 5.19. The Labute approximate surface area is 182 Å². The predicted octanol–water partition coefficient (Wildman–Crippen LogP) is 2.55. The van der Waals surface area contributed by atoms with Gasteiger partial charge in [-0.1, -0.05) is 19.3 Å². The zero-order valence-corrected chi connectivity index (χ0v) is 18.7. The summed E-state index contributed by atoms with van der Waals surface area (Å²) in [7, 11) is 0. The molecule has 5 aliphatic rings. The molecule has 0 N–H and O–H groups in total. The quantitative estimate of drug-likeness (QED) is 0.356. The molecule has 0 bridgehead atoms. The van der Waals surface area contributed by atoms with Crippen LogP contribution in [0.4, 0.5) is 0 Å². The molecular formula is C24H42N2O4. The van der Waals surface area contributed by atoms with Gasteiger partial charge in [0.05, 0.1) is 50.8 Å². The third kappa shape index (κ3) is 8.03. The van der Waals surface area contributed by atoms with Crippen molar-refractivity contribution in [3.8, 4) is 0 Å². The molecule has 0 amide bonds. The fourth-order valence-corrected chi connectivity index (χ4v) is 5.49. The maximum absolute atomic E-state index is 5.45. The maximum Gasteiger partial charge on any atom is 0.0936 e. The Bertz CT molecular complexity index is 447. The van der Waals surface area contributed by atoms with E-state index < -0.39 is 0 Å². The van der Waals surface area contributed by atoms with Crippen LogP contribution in [0.3, 0.4) is 0 Å². The summed E-state index contributed by atoms with van der Waals surface area (Å²) in [6.07, 6.45) is 13.3. The van der Waals surface area contributed by atoms with Crippen LogP contribution < -0.4 is 0 Å². The highest BCUT2D eigenvalue weighted by Gasteiger charge is 2.32. The lowest BCUT2D eigenvalue weighted by Gasteiger charge is -2.30. The first-order valence-corrected chi connectivity index (χ1v) is 12.7. The molecule has 4 aliphatic heterocycles. The summed E-state index contributed by atoms with van der Waals surface area (Å²) in [5.74, 6) is 1.91. The number of epoxide rings is 4. The summed E-state index contributed by atoms with van der Waals surface area (Å²) >= 11 is 0. The number of rotatable bonds is 16. The number of hydrogen-bond acceptors (Lipinski definition) is 6. The van der Waals surface area contributed by atoms with E-state index in [0.29, 0.717) is 24.4 Å². The third-order valence-corrected chi connectivity index (χ3v) is 7.52. The molecule has 6 atom stereocenters. The van der Waals surface area contributed by atoms with Gasteiger partial charge < -0.3 is 18.9 Å². The summed E-state index contributed by atoms with van der Waals surface area (Å²) in [6.45, 7) is 10.8. The van der Waals surface area contributed by atoms with Crippen molar-refractivity contribution in [1.29, 1.82) is 0 Å². The van der Waals surface area contributed by atoms with Crippen LogP contribution in [0.1, 0.15) is 51.4 Å². The minimum Gasteiger partial charge on any atom is -0.372 e. The average Bonchev–Trinajstić information content (AvgIpc) is 3.55. The molecule has 0 aromatic heterocycles. The Morgan fingerprint density at radius 3 is 1.27 bits per heavy atom. The normalized spacial score (nSPS) is 37.0. The van der Waals surface area contributed by atoms with Gasteiger partial charge in [0.1, 0.15) is 0 Å². The van der Waals surface area contributed by atoms with Crippen molar-refractivity contribution in [2.24, 2.45) is 11.8 Å². The second kappa shape index (κ2) is 10.6. The lowest BCUT2D eigenvalue weighted by molar-refractivity contribution is 0.187. The van der Waals surface area contributed by atoms with Crippen molar-refractivity contribution in [1.82, 2.24) is 9.80 Å². The maximum atomic E-state index is 5.45. The zero-order chi connectivity index (χ0) is 20.2. The first-order chi connectivity index (χ1) is 14.8. The van der Waals surface area contributed by atoms with Gasteiger partial charge in [-0.3, -0.25) is 9.80 Å². The molecule has 1 saturated carbocycles. The molecule has 6 unspecified atom stereocenters. The molecule has 30 heavy (non-hydrogen) atoms. The van der Waals surface area contributed by atoms with E-state index in [9.17, 15) is 0 Å². The van der Waals surface area contributed by atoms with Gasteiger partial charge in [0, 0.05) is 26.2 Å². The average molecular weight is 423 g/mol. The standard InChI is InChI=1S/C24H42N2O4/c1-4-19(6-2-8-25(11-21-15-27-21)12-22-16-28-22)10-20(5-1)7-3-9-26(13-23-17-29-23)14-24-18-30-24/h19-24H,1-18H2. The second-order valence-electron chi connectivity index (χ2n) is 10.5. The molecule has 172 valence electrons. The summed E-state index contributed by atoms with van der Waals surface area (Å²) in [6, 6.07) is 0. The van der Waals surface area contributed by atoms with E-state index in [2.05, 4.69) is 9.80 Å². The zero-order valence-electron chi connectivity index (χ0n) is 18.7. The molecule has 1 aliphatic carbocycles. The smallest absolute Gasteiger partial charge is 0.0936 e. The van der Waals surface area contributed by atoms with Gasteiger partial charge in [0.25, 0.3) is 0 Å². The molecular weight excluding hydrogens is 380 g/mol. The van der Waals surface area contributed by atoms with Crippen molar-refractivity contribution < 1.29 is 18.9 Å². The molecule has 6 heteroatoms. The van der Waals surface area contributed by atoms with Crippen LogP contribution in [0.2, 0.25) is 0 Å². The lowest BCUT2D eigenvalue weighted by atomic mass is 9.77. The van der Waals surface area contributed by atoms with Gasteiger partial charge in [-0.25, -0.2) is 0 Å². The second-order valence-corrected chi connectivity index (χ2v) is 10.5. The largest absolute Gasteiger partial charge is 0.372 e. The fourth-order valence-electron chi connectivity index (χ4n) is 5.49. The number of nitrogens with zero attached hydrogens (tertiary/aromatic N) is 2. The lowest BCUT2D eigenvalue weighted by Crippen LogP contribution is -2.33. The van der Waals surface area contributed by atoms with E-state index in [1.165, 1.54) is 64.5 Å². The van der Waals surface area contributed by atoms with Gasteiger partial charge >= 0.3 is 0 Å². The monoisotopic (exact) mass is 422 g/mol. The van der Waals surface area contributed by atoms with E-state index in [4.69, 9.17) is 18.9 Å². The molecule has 6 nitrogen and oxygen atoms in total. The van der Waals surface area contributed by atoms with Crippen molar-refractivity contribution in [2.45, 2.75) is 75.8 Å². The highest BCUT2D eigenvalue weighted by Crippen LogP contribution is 2.34. The minimum atomic E-state index is 0.500. The molecule has 4 saturated heterocycles. The van der Waals surface area contributed by atoms with Crippen LogP contribution in [0.5, 0.6) is 0 Å². The van der Waals surface area contributed by atoms with Gasteiger partial charge in [-0.2, -0.15) is 0 Å². The number of ether oxygens (including phenoxy) is 4. The Balaban J connectivity index is 0.962. The van der Waals surface area contributed by atoms with Crippen LogP contribution >= 0.6 is 0 Å². The first kappa shape index (κ1) is 21.6. The van der Waals surface area contributed by atoms with Crippen molar-refractivity contribution in [2.75, 3.05) is 65.7 Å². The van der Waals surface area contributed by atoms with Gasteiger partial charge in [0.2, 0.25) is 0 Å². The van der Waals surface area contributed by atoms with E-state index in [1.54, 1.807) is 0 Å². The molecule has 5 fully saturated rings. The van der Waals surface area contributed by atoms with Crippen molar-refractivity contribution in [3.63, 3.8) is 0 Å². The molecule has 0 radical (unpaired) electrons. The highest BCUT2D eigenvalue weighted by molar-refractivity contribution is 4.82. The topological polar surface area (TPSA) is 56.6 Å². The number of hydrogen-bond donors (Lipinski definition) is 0. The molecule has 0 spiro atoms. The Kier molecular flexibility index (Phi) is 7.62. The van der Waals surface area contributed by atoms with Gasteiger partial charge in [-0.05, 0) is 57.0 Å². The first-order valence-electron chi connectivity index (χ1n) is 12.7. The highest BCUT2D eigenvalue weighted by atomic mass is 16.6. The Morgan fingerprint density at radius 1 is 0.567 bits per heavy atom. The minimum absolute atomic E-state index is 0.500. The predicted molar refractivity (Wildman–Crippen MR) is 116 cm³/mol. The van der Waals surface area contributed by atoms with Crippen LogP contribution in [-0.4, -0.2) is 99.9 Å². The van der Waals surface area contributed by atoms with Crippen molar-refractivity contribution >= 4 is 0 Å². The van der Waals surface area contributed by atoms with Crippen LogP contribution in [-0.2, 0) is 18.9 Å². The Morgan fingerprint density at radius 2 is 0.933 bits per heavy atom. The SMILES string of the molecule is C1CC(CCCN(CC2CO2)CC2CO2)CC(CCCN(CC2CO2)CC2CO2)C1. The molecule has 0 aromatic rings. The van der Waals surface area contributed by atoms with Gasteiger partial charge in [0.15, 0.2) is 0 Å². The van der Waals surface area contributed by atoms with Gasteiger partial charge in [-0.15, -0.1) is 0 Å². The van der Waals surface area contributed by atoms with Crippen molar-refractivity contribution in [3.05, 3.63) is 0 Å². The van der Waals surface area contributed by atoms with E-state index in [1.807, 2.05) is 0 Å².